The van der Waals surface area contributed by atoms with E-state index in [9.17, 15) is 9.18 Å². The highest BCUT2D eigenvalue weighted by atomic mass is 19.1. The second-order valence-corrected chi connectivity index (χ2v) is 4.02. The molecule has 1 amide bonds. The number of para-hydroxylation sites is 1. The molecule has 5 heteroatoms. The zero-order valence-corrected chi connectivity index (χ0v) is 9.98. The van der Waals surface area contributed by atoms with Crippen LogP contribution in [0.3, 0.4) is 0 Å². The average Bonchev–Trinajstić information content (AvgIpc) is 2.28. The minimum absolute atomic E-state index is 0.0858. The lowest BCUT2D eigenvalue weighted by atomic mass is 10.1. The largest absolute Gasteiger partial charge is 0.396 e. The van der Waals surface area contributed by atoms with Gasteiger partial charge in [-0.05, 0) is 26.0 Å². The van der Waals surface area contributed by atoms with Gasteiger partial charge in [-0.25, -0.2) is 4.39 Å². The van der Waals surface area contributed by atoms with Crippen molar-refractivity contribution in [1.29, 1.82) is 0 Å². The van der Waals surface area contributed by atoms with Crippen molar-refractivity contribution in [2.75, 3.05) is 18.9 Å². The van der Waals surface area contributed by atoms with Gasteiger partial charge in [0.25, 0.3) is 5.91 Å². The van der Waals surface area contributed by atoms with Gasteiger partial charge in [0, 0.05) is 12.6 Å². The fourth-order valence-electron chi connectivity index (χ4n) is 1.58. The number of hydrogen-bond donors (Lipinski definition) is 2. The van der Waals surface area contributed by atoms with Gasteiger partial charge < -0.3 is 15.7 Å². The summed E-state index contributed by atoms with van der Waals surface area (Å²) < 4.78 is 13.2. The lowest BCUT2D eigenvalue weighted by Gasteiger charge is -2.26. The van der Waals surface area contributed by atoms with Crippen LogP contribution in [0.2, 0.25) is 0 Å². The number of benzene rings is 1. The van der Waals surface area contributed by atoms with Crippen molar-refractivity contribution < 1.29 is 14.3 Å². The van der Waals surface area contributed by atoms with Gasteiger partial charge in [0.2, 0.25) is 0 Å². The van der Waals surface area contributed by atoms with Crippen molar-refractivity contribution in [3.8, 4) is 0 Å². The van der Waals surface area contributed by atoms with Crippen molar-refractivity contribution in [3.63, 3.8) is 0 Å². The van der Waals surface area contributed by atoms with E-state index >= 15 is 0 Å². The van der Waals surface area contributed by atoms with Crippen molar-refractivity contribution in [2.24, 2.45) is 0 Å². The Labute approximate surface area is 99.8 Å². The molecule has 1 rings (SSSR count). The first-order valence-corrected chi connectivity index (χ1v) is 5.44. The third-order valence-electron chi connectivity index (χ3n) is 2.51. The number of carbonyl (C=O) groups is 1. The molecule has 0 saturated carbocycles. The number of nitrogens with two attached hydrogens (primary N) is 1. The highest BCUT2D eigenvalue weighted by Gasteiger charge is 2.21. The minimum Gasteiger partial charge on any atom is -0.396 e. The van der Waals surface area contributed by atoms with Crippen LogP contribution in [-0.4, -0.2) is 35.1 Å². The predicted molar refractivity (Wildman–Crippen MR) is 64.1 cm³/mol. The molecule has 0 radical (unpaired) electrons. The van der Waals surface area contributed by atoms with Crippen molar-refractivity contribution in [1.82, 2.24) is 4.90 Å². The first-order valence-electron chi connectivity index (χ1n) is 5.44. The number of aliphatic hydroxyl groups is 1. The Morgan fingerprint density at radius 3 is 2.71 bits per heavy atom. The topological polar surface area (TPSA) is 66.6 Å². The van der Waals surface area contributed by atoms with E-state index in [1.807, 2.05) is 13.8 Å². The molecule has 17 heavy (non-hydrogen) atoms. The van der Waals surface area contributed by atoms with E-state index in [0.717, 1.165) is 0 Å². The number of aliphatic hydroxyl groups excluding tert-OH is 1. The molecule has 0 aromatic heterocycles. The van der Waals surface area contributed by atoms with Gasteiger partial charge in [0.15, 0.2) is 0 Å². The number of nitrogen functional groups attached to an aromatic ring is 1. The van der Waals surface area contributed by atoms with Crippen LogP contribution in [0.5, 0.6) is 0 Å². The summed E-state index contributed by atoms with van der Waals surface area (Å²) in [5.41, 5.74) is 5.51. The highest BCUT2D eigenvalue weighted by Crippen LogP contribution is 2.18. The van der Waals surface area contributed by atoms with Gasteiger partial charge >= 0.3 is 0 Å². The normalized spacial score (nSPS) is 10.6. The molecule has 0 heterocycles. The fraction of sp³-hybridized carbons (Fsp3) is 0.417. The first kappa shape index (κ1) is 13.4. The van der Waals surface area contributed by atoms with Gasteiger partial charge in [0.1, 0.15) is 5.82 Å². The lowest BCUT2D eigenvalue weighted by Crippen LogP contribution is -2.39. The smallest absolute Gasteiger partial charge is 0.256 e. The maximum Gasteiger partial charge on any atom is 0.256 e. The number of anilines is 1. The Balaban J connectivity index is 3.05. The Morgan fingerprint density at radius 1 is 1.53 bits per heavy atom. The number of carbonyl (C=O) groups excluding carboxylic acids is 1. The van der Waals surface area contributed by atoms with E-state index in [0.29, 0.717) is 0 Å². The number of hydrogen-bond acceptors (Lipinski definition) is 3. The van der Waals surface area contributed by atoms with Gasteiger partial charge in [-0.3, -0.25) is 4.79 Å². The quantitative estimate of drug-likeness (QED) is 0.778. The Bertz CT molecular complexity index is 407. The molecule has 0 spiro atoms. The lowest BCUT2D eigenvalue weighted by molar-refractivity contribution is 0.0666. The summed E-state index contributed by atoms with van der Waals surface area (Å²) in [6.07, 6.45) is 0. The fourth-order valence-corrected chi connectivity index (χ4v) is 1.58. The van der Waals surface area contributed by atoms with E-state index in [1.165, 1.54) is 23.1 Å². The average molecular weight is 240 g/mol. The molecule has 0 fully saturated rings. The molecular weight excluding hydrogens is 223 g/mol. The van der Waals surface area contributed by atoms with Crippen LogP contribution in [0.1, 0.15) is 24.2 Å². The molecule has 3 N–H and O–H groups in total. The molecule has 1 aromatic carbocycles. The van der Waals surface area contributed by atoms with Crippen LogP contribution in [0, 0.1) is 5.82 Å². The Morgan fingerprint density at radius 2 is 2.18 bits per heavy atom. The van der Waals surface area contributed by atoms with Crippen LogP contribution in [0.15, 0.2) is 18.2 Å². The minimum atomic E-state index is -0.608. The van der Waals surface area contributed by atoms with Gasteiger partial charge in [-0.1, -0.05) is 6.07 Å². The summed E-state index contributed by atoms with van der Waals surface area (Å²) >= 11 is 0. The first-order chi connectivity index (χ1) is 7.99. The third-order valence-corrected chi connectivity index (χ3v) is 2.51. The molecule has 0 bridgehead atoms. The maximum absolute atomic E-state index is 13.2. The molecule has 1 aromatic rings. The summed E-state index contributed by atoms with van der Waals surface area (Å²) in [4.78, 5) is 13.6. The number of amides is 1. The summed E-state index contributed by atoms with van der Waals surface area (Å²) in [5.74, 6) is -0.977. The Kier molecular flexibility index (Phi) is 4.45. The van der Waals surface area contributed by atoms with Gasteiger partial charge in [-0.15, -0.1) is 0 Å². The second kappa shape index (κ2) is 5.63. The highest BCUT2D eigenvalue weighted by molar-refractivity contribution is 5.99. The molecule has 0 atom stereocenters. The zero-order chi connectivity index (χ0) is 13.0. The zero-order valence-electron chi connectivity index (χ0n) is 9.98. The van der Waals surface area contributed by atoms with Crippen molar-refractivity contribution >= 4 is 11.6 Å². The molecule has 0 saturated heterocycles. The monoisotopic (exact) mass is 240 g/mol. The van der Waals surface area contributed by atoms with Crippen LogP contribution in [-0.2, 0) is 0 Å². The molecular formula is C12H17FN2O2. The van der Waals surface area contributed by atoms with E-state index in [2.05, 4.69) is 0 Å². The third kappa shape index (κ3) is 2.94. The number of rotatable bonds is 4. The summed E-state index contributed by atoms with van der Waals surface area (Å²) in [5, 5.41) is 8.91. The van der Waals surface area contributed by atoms with Crippen molar-refractivity contribution in [2.45, 2.75) is 19.9 Å². The molecule has 0 aliphatic carbocycles. The van der Waals surface area contributed by atoms with Crippen LogP contribution in [0.25, 0.3) is 0 Å². The summed E-state index contributed by atoms with van der Waals surface area (Å²) in [6, 6.07) is 4.04. The summed E-state index contributed by atoms with van der Waals surface area (Å²) in [6.45, 7) is 3.71. The van der Waals surface area contributed by atoms with Crippen molar-refractivity contribution in [3.05, 3.63) is 29.6 Å². The molecule has 0 aliphatic heterocycles. The van der Waals surface area contributed by atoms with Crippen LogP contribution in [0.4, 0.5) is 10.1 Å². The van der Waals surface area contributed by atoms with E-state index in [4.69, 9.17) is 10.8 Å². The van der Waals surface area contributed by atoms with Crippen LogP contribution < -0.4 is 5.73 Å². The maximum atomic E-state index is 13.2. The second-order valence-electron chi connectivity index (χ2n) is 4.02. The molecule has 0 aliphatic rings. The van der Waals surface area contributed by atoms with E-state index < -0.39 is 5.82 Å². The molecule has 4 nitrogen and oxygen atoms in total. The van der Waals surface area contributed by atoms with Crippen LogP contribution >= 0.6 is 0 Å². The van der Waals surface area contributed by atoms with Gasteiger partial charge in [-0.2, -0.15) is 0 Å². The predicted octanol–water partition coefficient (Wildman–Crippen LogP) is 1.25. The van der Waals surface area contributed by atoms with E-state index in [1.54, 1.807) is 0 Å². The molecule has 94 valence electrons. The SMILES string of the molecule is CC(C)N(CCO)C(=O)c1cccc(F)c1N. The summed E-state index contributed by atoms with van der Waals surface area (Å²) in [7, 11) is 0. The standard InChI is InChI=1S/C12H17FN2O2/c1-8(2)15(6-7-16)12(17)9-4-3-5-10(13)11(9)14/h3-5,8,16H,6-7,14H2,1-2H3. The van der Waals surface area contributed by atoms with Gasteiger partial charge in [0.05, 0.1) is 17.9 Å². The Hall–Kier alpha value is -1.62. The number of halogens is 1. The van der Waals surface area contributed by atoms with E-state index in [-0.39, 0.29) is 36.4 Å². The number of nitrogens with zero attached hydrogens (tertiary/aromatic N) is 1. The molecule has 0 unspecified atom stereocenters.